The number of amides is 4. The Bertz CT molecular complexity index is 419. The second kappa shape index (κ2) is 8.00. The molecule has 0 aromatic heterocycles. The number of nitrogens with zero attached hydrogens (tertiary/aromatic N) is 3. The molecule has 2 aliphatic heterocycles. The van der Waals surface area contributed by atoms with Crippen LogP contribution in [0.5, 0.6) is 0 Å². The molecular formula is C15H26N4O3. The third-order valence-electron chi connectivity index (χ3n) is 4.25. The molecule has 7 heteroatoms. The van der Waals surface area contributed by atoms with E-state index in [4.69, 9.17) is 0 Å². The van der Waals surface area contributed by atoms with E-state index in [9.17, 15) is 14.4 Å². The Kier molecular flexibility index (Phi) is 6.03. The first kappa shape index (κ1) is 16.6. The van der Waals surface area contributed by atoms with E-state index >= 15 is 0 Å². The maximum atomic E-state index is 12.3. The number of hydrogen-bond acceptors (Lipinski definition) is 3. The van der Waals surface area contributed by atoms with Crippen molar-refractivity contribution in [2.24, 2.45) is 0 Å². The lowest BCUT2D eigenvalue weighted by molar-refractivity contribution is -0.141. The summed E-state index contributed by atoms with van der Waals surface area (Å²) in [6.07, 6.45) is 3.51. The summed E-state index contributed by atoms with van der Waals surface area (Å²) < 4.78 is 0. The number of urea groups is 1. The molecule has 0 bridgehead atoms. The standard InChI is InChI=1S/C15H26N4O3/c1-2-16-15(22)18-10-8-17(9-11-18)14(21)12-19-7-5-3-4-6-13(19)20/h2-12H2,1H3,(H,16,22). The smallest absolute Gasteiger partial charge is 0.317 e. The SMILES string of the molecule is CCNC(=O)N1CCN(C(=O)CN2CCCCCC2=O)CC1. The average Bonchev–Trinajstić information content (AvgIpc) is 2.72. The van der Waals surface area contributed by atoms with E-state index in [1.54, 1.807) is 14.7 Å². The molecule has 0 aromatic carbocycles. The maximum Gasteiger partial charge on any atom is 0.317 e. The molecule has 0 aliphatic carbocycles. The van der Waals surface area contributed by atoms with Gasteiger partial charge in [-0.05, 0) is 19.8 Å². The first-order valence-electron chi connectivity index (χ1n) is 8.20. The van der Waals surface area contributed by atoms with Crippen molar-refractivity contribution in [2.75, 3.05) is 45.8 Å². The molecule has 2 fully saturated rings. The molecule has 124 valence electrons. The lowest BCUT2D eigenvalue weighted by Crippen LogP contribution is -2.54. The fraction of sp³-hybridized carbons (Fsp3) is 0.800. The Labute approximate surface area is 131 Å². The summed E-state index contributed by atoms with van der Waals surface area (Å²) in [4.78, 5) is 41.2. The number of nitrogens with one attached hydrogen (secondary N) is 1. The first-order chi connectivity index (χ1) is 10.6. The minimum absolute atomic E-state index is 0.00852. The highest BCUT2D eigenvalue weighted by atomic mass is 16.2. The molecule has 22 heavy (non-hydrogen) atoms. The van der Waals surface area contributed by atoms with E-state index < -0.39 is 0 Å². The molecular weight excluding hydrogens is 284 g/mol. The van der Waals surface area contributed by atoms with Gasteiger partial charge in [0.1, 0.15) is 0 Å². The van der Waals surface area contributed by atoms with Crippen molar-refractivity contribution in [3.8, 4) is 0 Å². The molecule has 0 spiro atoms. The van der Waals surface area contributed by atoms with Crippen LogP contribution >= 0.6 is 0 Å². The van der Waals surface area contributed by atoms with Gasteiger partial charge in [0.05, 0.1) is 6.54 Å². The molecule has 0 saturated carbocycles. The fourth-order valence-corrected chi connectivity index (χ4v) is 2.89. The van der Waals surface area contributed by atoms with Crippen LogP contribution in [0.3, 0.4) is 0 Å². The minimum Gasteiger partial charge on any atom is -0.338 e. The van der Waals surface area contributed by atoms with Crippen molar-refractivity contribution in [1.29, 1.82) is 0 Å². The Morgan fingerprint density at radius 2 is 1.68 bits per heavy atom. The monoisotopic (exact) mass is 310 g/mol. The van der Waals surface area contributed by atoms with Gasteiger partial charge >= 0.3 is 6.03 Å². The van der Waals surface area contributed by atoms with Crippen molar-refractivity contribution in [3.05, 3.63) is 0 Å². The summed E-state index contributed by atoms with van der Waals surface area (Å²) in [5.74, 6) is 0.0811. The van der Waals surface area contributed by atoms with Crippen LogP contribution < -0.4 is 5.32 Å². The van der Waals surface area contributed by atoms with Crippen LogP contribution in [0.2, 0.25) is 0 Å². The van der Waals surface area contributed by atoms with Gasteiger partial charge < -0.3 is 20.0 Å². The lowest BCUT2D eigenvalue weighted by Gasteiger charge is -2.35. The van der Waals surface area contributed by atoms with Gasteiger partial charge in [-0.15, -0.1) is 0 Å². The predicted molar refractivity (Wildman–Crippen MR) is 82.3 cm³/mol. The van der Waals surface area contributed by atoms with Crippen LogP contribution in [0.15, 0.2) is 0 Å². The maximum absolute atomic E-state index is 12.3. The fourth-order valence-electron chi connectivity index (χ4n) is 2.89. The number of likely N-dealkylation sites (tertiary alicyclic amines) is 1. The summed E-state index contributed by atoms with van der Waals surface area (Å²) in [7, 11) is 0. The molecule has 1 N–H and O–H groups in total. The number of carbonyl (C=O) groups excluding carboxylic acids is 3. The molecule has 4 amide bonds. The van der Waals surface area contributed by atoms with Crippen LogP contribution in [0, 0.1) is 0 Å². The van der Waals surface area contributed by atoms with Gasteiger partial charge in [-0.2, -0.15) is 0 Å². The van der Waals surface area contributed by atoms with Crippen molar-refractivity contribution in [3.63, 3.8) is 0 Å². The summed E-state index contributed by atoms with van der Waals surface area (Å²) >= 11 is 0. The van der Waals surface area contributed by atoms with E-state index in [1.807, 2.05) is 6.92 Å². The van der Waals surface area contributed by atoms with Crippen LogP contribution in [-0.2, 0) is 9.59 Å². The van der Waals surface area contributed by atoms with Crippen LogP contribution in [0.25, 0.3) is 0 Å². The van der Waals surface area contributed by atoms with E-state index in [2.05, 4.69) is 5.32 Å². The lowest BCUT2D eigenvalue weighted by atomic mass is 10.2. The zero-order chi connectivity index (χ0) is 15.9. The molecule has 0 unspecified atom stereocenters. The Morgan fingerprint density at radius 3 is 2.36 bits per heavy atom. The van der Waals surface area contributed by atoms with Crippen LogP contribution in [0.1, 0.15) is 32.6 Å². The molecule has 0 aromatic rings. The quantitative estimate of drug-likeness (QED) is 0.813. The number of carbonyl (C=O) groups is 3. The Hall–Kier alpha value is -1.79. The van der Waals surface area contributed by atoms with Crippen molar-refractivity contribution in [1.82, 2.24) is 20.0 Å². The zero-order valence-electron chi connectivity index (χ0n) is 13.3. The highest BCUT2D eigenvalue weighted by Crippen LogP contribution is 2.12. The zero-order valence-corrected chi connectivity index (χ0v) is 13.3. The summed E-state index contributed by atoms with van der Waals surface area (Å²) in [6, 6.07) is -0.0719. The first-order valence-corrected chi connectivity index (χ1v) is 8.20. The topological polar surface area (TPSA) is 73.0 Å². The van der Waals surface area contributed by atoms with Crippen LogP contribution in [0.4, 0.5) is 4.79 Å². The molecule has 0 radical (unpaired) electrons. The van der Waals surface area contributed by atoms with Gasteiger partial charge in [-0.25, -0.2) is 4.79 Å². The number of piperazine rings is 1. The number of rotatable bonds is 3. The third-order valence-corrected chi connectivity index (χ3v) is 4.25. The molecule has 0 atom stereocenters. The van der Waals surface area contributed by atoms with Gasteiger partial charge in [0.15, 0.2) is 0 Å². The van der Waals surface area contributed by atoms with E-state index in [0.717, 1.165) is 19.3 Å². The van der Waals surface area contributed by atoms with Gasteiger partial charge in [-0.3, -0.25) is 9.59 Å². The largest absolute Gasteiger partial charge is 0.338 e. The highest BCUT2D eigenvalue weighted by molar-refractivity contribution is 5.85. The van der Waals surface area contributed by atoms with Gasteiger partial charge in [0.25, 0.3) is 0 Å². The minimum atomic E-state index is -0.0719. The second-order valence-electron chi connectivity index (χ2n) is 5.83. The van der Waals surface area contributed by atoms with Crippen LogP contribution in [-0.4, -0.2) is 78.4 Å². The molecule has 2 heterocycles. The van der Waals surface area contributed by atoms with Crippen molar-refractivity contribution >= 4 is 17.8 Å². The third kappa shape index (κ3) is 4.35. The van der Waals surface area contributed by atoms with Gasteiger partial charge in [0.2, 0.25) is 11.8 Å². The Morgan fingerprint density at radius 1 is 1.00 bits per heavy atom. The summed E-state index contributed by atoms with van der Waals surface area (Å²) in [5.41, 5.74) is 0. The molecule has 7 nitrogen and oxygen atoms in total. The molecule has 2 aliphatic rings. The second-order valence-corrected chi connectivity index (χ2v) is 5.83. The highest BCUT2D eigenvalue weighted by Gasteiger charge is 2.26. The van der Waals surface area contributed by atoms with E-state index in [0.29, 0.717) is 45.7 Å². The van der Waals surface area contributed by atoms with Gasteiger partial charge in [0, 0.05) is 45.7 Å². The summed E-state index contributed by atoms with van der Waals surface area (Å²) in [6.45, 7) is 5.53. The normalized spacial score (nSPS) is 19.9. The number of hydrogen-bond donors (Lipinski definition) is 1. The Balaban J connectivity index is 1.79. The van der Waals surface area contributed by atoms with E-state index in [-0.39, 0.29) is 24.4 Å². The summed E-state index contributed by atoms with van der Waals surface area (Å²) in [5, 5.41) is 2.77. The predicted octanol–water partition coefficient (Wildman–Crippen LogP) is 0.263. The molecule has 2 saturated heterocycles. The molecule has 2 rings (SSSR count). The average molecular weight is 310 g/mol. The van der Waals surface area contributed by atoms with Crippen molar-refractivity contribution in [2.45, 2.75) is 32.6 Å². The van der Waals surface area contributed by atoms with Crippen molar-refractivity contribution < 1.29 is 14.4 Å². The van der Waals surface area contributed by atoms with Gasteiger partial charge in [-0.1, -0.05) is 6.42 Å². The van der Waals surface area contributed by atoms with E-state index in [1.165, 1.54) is 0 Å².